The van der Waals surface area contributed by atoms with Gasteiger partial charge in [-0.2, -0.15) is 0 Å². The van der Waals surface area contributed by atoms with Crippen LogP contribution in [0.3, 0.4) is 0 Å². The van der Waals surface area contributed by atoms with E-state index in [9.17, 15) is 19.5 Å². The zero-order valence-electron chi connectivity index (χ0n) is 24.8. The number of carbonyl (C=O) groups excluding carboxylic acids is 3. The van der Waals surface area contributed by atoms with Crippen LogP contribution in [-0.4, -0.2) is 85.5 Å². The van der Waals surface area contributed by atoms with Crippen LogP contribution in [-0.2, 0) is 33.0 Å². The van der Waals surface area contributed by atoms with Crippen LogP contribution in [0, 0.1) is 5.82 Å². The van der Waals surface area contributed by atoms with E-state index in [2.05, 4.69) is 15.5 Å². The SMILES string of the molecule is [B]C(CCC=O)(C(=O)NC)N1C(=O)c2cccc(NCc3cccc(CN4CC(C)(C)OC(C)(C)C4)c3F)c2C1([B])O. The lowest BCUT2D eigenvalue weighted by molar-refractivity contribution is -0.182. The minimum atomic E-state index is -2.50. The molecule has 2 aliphatic rings. The van der Waals surface area contributed by atoms with Gasteiger partial charge in [-0.1, -0.05) is 24.3 Å². The number of amides is 2. The fourth-order valence-electron chi connectivity index (χ4n) is 6.35. The Hall–Kier alpha value is -3.21. The first kappa shape index (κ1) is 31.7. The predicted molar refractivity (Wildman–Crippen MR) is 158 cm³/mol. The maximum atomic E-state index is 15.7. The first-order valence-corrected chi connectivity index (χ1v) is 13.9. The Balaban J connectivity index is 1.60. The fraction of sp³-hybridized carbons (Fsp3) is 0.500. The zero-order chi connectivity index (χ0) is 31.1. The number of aldehydes is 1. The van der Waals surface area contributed by atoms with Crippen molar-refractivity contribution in [3.63, 3.8) is 0 Å². The van der Waals surface area contributed by atoms with Crippen molar-refractivity contribution < 1.29 is 28.6 Å². The van der Waals surface area contributed by atoms with E-state index in [0.29, 0.717) is 41.9 Å². The van der Waals surface area contributed by atoms with E-state index in [-0.39, 0.29) is 53.2 Å². The van der Waals surface area contributed by atoms with Crippen LogP contribution in [0.4, 0.5) is 10.1 Å². The van der Waals surface area contributed by atoms with Crippen molar-refractivity contribution in [1.29, 1.82) is 0 Å². The molecule has 0 spiro atoms. The Bertz CT molecular complexity index is 1370. The summed E-state index contributed by atoms with van der Waals surface area (Å²) in [4.78, 5) is 40.3. The highest BCUT2D eigenvalue weighted by molar-refractivity contribution is 6.32. The number of halogens is 1. The molecule has 2 atom stereocenters. The van der Waals surface area contributed by atoms with E-state index in [1.54, 1.807) is 30.3 Å². The van der Waals surface area contributed by atoms with Gasteiger partial charge in [-0.25, -0.2) is 4.39 Å². The lowest BCUT2D eigenvalue weighted by Crippen LogP contribution is -2.65. The van der Waals surface area contributed by atoms with Gasteiger partial charge in [-0.15, -0.1) is 0 Å². The third-order valence-electron chi connectivity index (χ3n) is 7.65. The standard InChI is InChI=1S/C30H37B2FN4O5/c1-27(2)17-36(18-28(3,4)42-27)16-20-10-6-9-19(24(20)33)15-35-22-12-7-11-21-23(22)30(32,41)37(25(21)39)29(31,13-8-14-38)26(40)34-5/h6-7,9-12,14,35,41H,8,13,15-18H2,1-5H3,(H,34,40). The molecule has 2 aromatic carbocycles. The average molecular weight is 574 g/mol. The number of likely N-dealkylation sites (N-methyl/N-ethyl adjacent to an activating group) is 1. The molecule has 0 aliphatic carbocycles. The van der Waals surface area contributed by atoms with Gasteiger partial charge in [0.1, 0.15) is 25.6 Å². The molecular weight excluding hydrogens is 537 g/mol. The molecule has 2 heterocycles. The number of ether oxygens (including phenoxy) is 1. The highest BCUT2D eigenvalue weighted by Gasteiger charge is 2.55. The maximum absolute atomic E-state index is 15.7. The maximum Gasteiger partial charge on any atom is 0.256 e. The van der Waals surface area contributed by atoms with Crippen molar-refractivity contribution in [2.45, 2.75) is 75.9 Å². The number of fused-ring (bicyclic) bond motifs is 1. The summed E-state index contributed by atoms with van der Waals surface area (Å²) in [6.45, 7) is 9.81. The summed E-state index contributed by atoms with van der Waals surface area (Å²) in [5.41, 5.74) is -4.16. The number of aliphatic hydroxyl groups is 1. The monoisotopic (exact) mass is 574 g/mol. The zero-order valence-corrected chi connectivity index (χ0v) is 24.8. The molecule has 9 nitrogen and oxygen atoms in total. The van der Waals surface area contributed by atoms with Crippen LogP contribution in [0.1, 0.15) is 67.6 Å². The Labute approximate surface area is 249 Å². The van der Waals surface area contributed by atoms with Gasteiger partial charge in [0.05, 0.1) is 16.6 Å². The van der Waals surface area contributed by atoms with Crippen molar-refractivity contribution >= 4 is 39.5 Å². The van der Waals surface area contributed by atoms with Gasteiger partial charge in [0.2, 0.25) is 5.91 Å². The second kappa shape index (κ2) is 11.5. The van der Waals surface area contributed by atoms with E-state index in [0.717, 1.165) is 0 Å². The molecular formula is C30H37B2FN4O5. The quantitative estimate of drug-likeness (QED) is 0.295. The van der Waals surface area contributed by atoms with E-state index < -0.39 is 22.9 Å². The second-order valence-electron chi connectivity index (χ2n) is 12.3. The molecule has 2 unspecified atom stereocenters. The summed E-state index contributed by atoms with van der Waals surface area (Å²) in [7, 11) is 14.0. The molecule has 1 saturated heterocycles. The molecule has 3 N–H and O–H groups in total. The average Bonchev–Trinajstić information content (AvgIpc) is 3.11. The Morgan fingerprint density at radius 1 is 1.14 bits per heavy atom. The molecule has 4 radical (unpaired) electrons. The van der Waals surface area contributed by atoms with Crippen LogP contribution in [0.25, 0.3) is 0 Å². The molecule has 4 rings (SSSR count). The van der Waals surface area contributed by atoms with E-state index in [1.165, 1.54) is 13.1 Å². The second-order valence-corrected chi connectivity index (χ2v) is 12.3. The van der Waals surface area contributed by atoms with Gasteiger partial charge in [-0.05, 0) is 46.2 Å². The van der Waals surface area contributed by atoms with Gasteiger partial charge in [0.15, 0.2) is 7.85 Å². The molecule has 42 heavy (non-hydrogen) atoms. The first-order chi connectivity index (χ1) is 19.6. The van der Waals surface area contributed by atoms with Gasteiger partial charge < -0.3 is 30.2 Å². The van der Waals surface area contributed by atoms with Gasteiger partial charge in [0.25, 0.3) is 5.91 Å². The summed E-state index contributed by atoms with van der Waals surface area (Å²) < 4.78 is 21.9. The number of hydrogen-bond acceptors (Lipinski definition) is 7. The Morgan fingerprint density at radius 2 is 1.76 bits per heavy atom. The minimum Gasteiger partial charge on any atom is -0.380 e. The molecule has 220 valence electrons. The minimum absolute atomic E-state index is 0.00539. The first-order valence-electron chi connectivity index (χ1n) is 13.9. The lowest BCUT2D eigenvalue weighted by Gasteiger charge is -2.47. The van der Waals surface area contributed by atoms with Crippen LogP contribution in [0.5, 0.6) is 0 Å². The molecule has 12 heteroatoms. The summed E-state index contributed by atoms with van der Waals surface area (Å²) in [5.74, 6) is -1.94. The van der Waals surface area contributed by atoms with Crippen molar-refractivity contribution in [2.24, 2.45) is 0 Å². The number of nitrogens with one attached hydrogen (secondary N) is 2. The van der Waals surface area contributed by atoms with E-state index >= 15 is 4.39 Å². The molecule has 0 saturated carbocycles. The summed E-state index contributed by atoms with van der Waals surface area (Å²) >= 11 is 0. The predicted octanol–water partition coefficient (Wildman–Crippen LogP) is 2.14. The van der Waals surface area contributed by atoms with Crippen molar-refractivity contribution in [3.05, 3.63) is 64.5 Å². The number of benzene rings is 2. The smallest absolute Gasteiger partial charge is 0.256 e. The number of carbonyl (C=O) groups is 3. The topological polar surface area (TPSA) is 111 Å². The van der Waals surface area contributed by atoms with E-state index in [4.69, 9.17) is 20.4 Å². The van der Waals surface area contributed by atoms with Crippen LogP contribution in [0.15, 0.2) is 36.4 Å². The molecule has 2 amide bonds. The number of anilines is 1. The number of rotatable bonds is 10. The van der Waals surface area contributed by atoms with Gasteiger partial charge in [0, 0.05) is 67.6 Å². The molecule has 0 aromatic heterocycles. The van der Waals surface area contributed by atoms with Crippen molar-refractivity contribution in [1.82, 2.24) is 15.1 Å². The van der Waals surface area contributed by atoms with Gasteiger partial charge >= 0.3 is 0 Å². The molecule has 2 aromatic rings. The van der Waals surface area contributed by atoms with Crippen LogP contribution < -0.4 is 10.6 Å². The Morgan fingerprint density at radius 3 is 2.38 bits per heavy atom. The summed E-state index contributed by atoms with van der Waals surface area (Å²) in [6, 6.07) is 9.82. The molecule has 2 aliphatic heterocycles. The molecule has 0 bridgehead atoms. The number of nitrogens with zero attached hydrogens (tertiary/aromatic N) is 2. The lowest BCUT2D eigenvalue weighted by atomic mass is 9.68. The van der Waals surface area contributed by atoms with Crippen molar-refractivity contribution in [3.8, 4) is 0 Å². The van der Waals surface area contributed by atoms with Crippen LogP contribution >= 0.6 is 0 Å². The largest absolute Gasteiger partial charge is 0.380 e. The summed E-state index contributed by atoms with van der Waals surface area (Å²) in [5, 5.41) is 17.0. The molecule has 1 fully saturated rings. The fourth-order valence-corrected chi connectivity index (χ4v) is 6.35. The van der Waals surface area contributed by atoms with Crippen molar-refractivity contribution in [2.75, 3.05) is 25.5 Å². The third-order valence-corrected chi connectivity index (χ3v) is 7.65. The van der Waals surface area contributed by atoms with Gasteiger partial charge in [-0.3, -0.25) is 14.5 Å². The number of hydrogen-bond donors (Lipinski definition) is 3. The highest BCUT2D eigenvalue weighted by Crippen LogP contribution is 2.44. The Kier molecular flexibility index (Phi) is 8.66. The highest BCUT2D eigenvalue weighted by atomic mass is 19.1. The number of morpholine rings is 1. The van der Waals surface area contributed by atoms with E-state index in [1.807, 2.05) is 27.7 Å². The van der Waals surface area contributed by atoms with Crippen LogP contribution in [0.2, 0.25) is 0 Å². The summed E-state index contributed by atoms with van der Waals surface area (Å²) in [6.07, 6.45) is 0.137. The normalized spacial score (nSPS) is 22.7. The third kappa shape index (κ3) is 5.98.